The molecule has 3 heteroatoms. The average Bonchev–Trinajstić information content (AvgIpc) is 2.93. The topological polar surface area (TPSA) is 57.5 Å². The molecule has 3 nitrogen and oxygen atoms in total. The van der Waals surface area contributed by atoms with Gasteiger partial charge in [0.2, 0.25) is 0 Å². The van der Waals surface area contributed by atoms with Crippen LogP contribution in [0.25, 0.3) is 5.57 Å². The summed E-state index contributed by atoms with van der Waals surface area (Å²) < 4.78 is 0. The van der Waals surface area contributed by atoms with E-state index in [1.807, 2.05) is 60.7 Å². The Kier molecular flexibility index (Phi) is 4.70. The lowest BCUT2D eigenvalue weighted by Crippen LogP contribution is -2.21. The number of carbonyl (C=O) groups excluding carboxylic acids is 1. The zero-order chi connectivity index (χ0) is 16.2. The second-order valence-corrected chi connectivity index (χ2v) is 5.91. The number of benzene rings is 2. The van der Waals surface area contributed by atoms with Gasteiger partial charge in [0.05, 0.1) is 12.7 Å². The van der Waals surface area contributed by atoms with Crippen molar-refractivity contribution in [3.63, 3.8) is 0 Å². The molecular weight excluding hydrogens is 288 g/mol. The van der Waals surface area contributed by atoms with Crippen molar-refractivity contribution >= 4 is 11.4 Å². The zero-order valence-electron chi connectivity index (χ0n) is 12.9. The third-order valence-corrected chi connectivity index (χ3v) is 4.35. The Balaban J connectivity index is 1.99. The first-order valence-corrected chi connectivity index (χ1v) is 7.86. The van der Waals surface area contributed by atoms with E-state index in [1.165, 1.54) is 0 Å². The van der Waals surface area contributed by atoms with Gasteiger partial charge in [-0.25, -0.2) is 0 Å². The van der Waals surface area contributed by atoms with Crippen LogP contribution in [-0.2, 0) is 11.2 Å². The van der Waals surface area contributed by atoms with Crippen LogP contribution in [0.1, 0.15) is 17.5 Å². The van der Waals surface area contributed by atoms with Crippen LogP contribution in [0.4, 0.5) is 0 Å². The third kappa shape index (κ3) is 3.26. The lowest BCUT2D eigenvalue weighted by Gasteiger charge is -2.19. The Hall–Kier alpha value is -2.23. The van der Waals surface area contributed by atoms with Crippen molar-refractivity contribution in [3.05, 3.63) is 77.4 Å². The fraction of sp³-hybridized carbons (Fsp3) is 0.250. The summed E-state index contributed by atoms with van der Waals surface area (Å²) in [6, 6.07) is 19.1. The largest absolute Gasteiger partial charge is 0.396 e. The molecule has 0 fully saturated rings. The maximum absolute atomic E-state index is 12.4. The van der Waals surface area contributed by atoms with E-state index in [2.05, 4.69) is 0 Å². The lowest BCUT2D eigenvalue weighted by atomic mass is 9.90. The van der Waals surface area contributed by atoms with Crippen molar-refractivity contribution in [2.24, 2.45) is 5.92 Å². The Morgan fingerprint density at radius 2 is 1.61 bits per heavy atom. The van der Waals surface area contributed by atoms with Crippen LogP contribution in [0, 0.1) is 5.92 Å². The minimum Gasteiger partial charge on any atom is -0.396 e. The molecule has 0 saturated heterocycles. The van der Waals surface area contributed by atoms with Crippen LogP contribution >= 0.6 is 0 Å². The number of aliphatic hydroxyl groups is 2. The maximum atomic E-state index is 12.4. The molecule has 0 bridgehead atoms. The standard InChI is InChI=1S/C20H20O3/c21-13-16-12-18(23)19(15-9-5-2-6-10-15)20(16)17(22)11-14-7-3-1-4-8-14/h1-10,16-17,21-22H,11-13H2/t16-,17?/m0/s1. The molecule has 23 heavy (non-hydrogen) atoms. The molecule has 0 heterocycles. The SMILES string of the molecule is O=C1C[C@@H](CO)C(C(O)Cc2ccccc2)=C1c1ccccc1. The van der Waals surface area contributed by atoms with Gasteiger partial charge >= 0.3 is 0 Å². The van der Waals surface area contributed by atoms with Crippen molar-refractivity contribution < 1.29 is 15.0 Å². The van der Waals surface area contributed by atoms with Gasteiger partial charge < -0.3 is 10.2 Å². The Labute approximate surface area is 135 Å². The van der Waals surface area contributed by atoms with Crippen molar-refractivity contribution in [2.45, 2.75) is 18.9 Å². The molecule has 3 rings (SSSR count). The summed E-state index contributed by atoms with van der Waals surface area (Å²) >= 11 is 0. The second kappa shape index (κ2) is 6.90. The van der Waals surface area contributed by atoms with E-state index in [9.17, 15) is 15.0 Å². The summed E-state index contributed by atoms with van der Waals surface area (Å²) in [6.45, 7) is -0.122. The predicted molar refractivity (Wildman–Crippen MR) is 89.7 cm³/mol. The number of aliphatic hydroxyl groups excluding tert-OH is 2. The van der Waals surface area contributed by atoms with Gasteiger partial charge in [-0.1, -0.05) is 60.7 Å². The molecule has 0 aromatic heterocycles. The number of hydrogen-bond donors (Lipinski definition) is 2. The fourth-order valence-corrected chi connectivity index (χ4v) is 3.28. The molecule has 1 aliphatic rings. The normalized spacial score (nSPS) is 19.2. The van der Waals surface area contributed by atoms with Crippen LogP contribution < -0.4 is 0 Å². The summed E-state index contributed by atoms with van der Waals surface area (Å²) in [5.74, 6) is -0.297. The number of rotatable bonds is 5. The Morgan fingerprint density at radius 1 is 1.00 bits per heavy atom. The van der Waals surface area contributed by atoms with Crippen LogP contribution in [0.2, 0.25) is 0 Å². The highest BCUT2D eigenvalue weighted by atomic mass is 16.3. The molecule has 2 aromatic carbocycles. The molecule has 118 valence electrons. The molecule has 0 aliphatic heterocycles. The highest BCUT2D eigenvalue weighted by Crippen LogP contribution is 2.38. The van der Waals surface area contributed by atoms with Crippen molar-refractivity contribution in [3.8, 4) is 0 Å². The molecular formula is C20H20O3. The minimum absolute atomic E-state index is 0.00244. The number of allylic oxidation sites excluding steroid dienone is 1. The number of ketones is 1. The Morgan fingerprint density at radius 3 is 2.22 bits per heavy atom. The number of carbonyl (C=O) groups is 1. The molecule has 1 aliphatic carbocycles. The molecule has 2 N–H and O–H groups in total. The van der Waals surface area contributed by atoms with E-state index >= 15 is 0 Å². The molecule has 2 atom stereocenters. The molecule has 2 aromatic rings. The monoisotopic (exact) mass is 308 g/mol. The van der Waals surface area contributed by atoms with Gasteiger partial charge in [-0.05, 0) is 16.7 Å². The minimum atomic E-state index is -0.767. The highest BCUT2D eigenvalue weighted by Gasteiger charge is 2.35. The van der Waals surface area contributed by atoms with Gasteiger partial charge in [0.15, 0.2) is 5.78 Å². The number of hydrogen-bond acceptors (Lipinski definition) is 3. The summed E-state index contributed by atoms with van der Waals surface area (Å²) in [7, 11) is 0. The van der Waals surface area contributed by atoms with E-state index in [-0.39, 0.29) is 24.7 Å². The second-order valence-electron chi connectivity index (χ2n) is 5.91. The Bertz CT molecular complexity index is 704. The lowest BCUT2D eigenvalue weighted by molar-refractivity contribution is -0.113. The smallest absolute Gasteiger partial charge is 0.164 e. The molecule has 0 spiro atoms. The van der Waals surface area contributed by atoms with E-state index < -0.39 is 6.10 Å². The summed E-state index contributed by atoms with van der Waals surface area (Å²) in [5.41, 5.74) is 3.08. The fourth-order valence-electron chi connectivity index (χ4n) is 3.28. The van der Waals surface area contributed by atoms with E-state index in [4.69, 9.17) is 0 Å². The summed E-state index contributed by atoms with van der Waals surface area (Å²) in [5, 5.41) is 20.4. The summed E-state index contributed by atoms with van der Waals surface area (Å²) in [6.07, 6.45) is -0.0609. The van der Waals surface area contributed by atoms with Gasteiger partial charge in [0.1, 0.15) is 0 Å². The van der Waals surface area contributed by atoms with Crippen molar-refractivity contribution in [2.75, 3.05) is 6.61 Å². The van der Waals surface area contributed by atoms with Gasteiger partial charge in [-0.2, -0.15) is 0 Å². The molecule has 0 saturated carbocycles. The van der Waals surface area contributed by atoms with Crippen LogP contribution in [-0.4, -0.2) is 28.7 Å². The van der Waals surface area contributed by atoms with E-state index in [1.54, 1.807) is 0 Å². The first-order chi connectivity index (χ1) is 11.2. The van der Waals surface area contributed by atoms with Gasteiger partial charge in [-0.3, -0.25) is 4.79 Å². The van der Waals surface area contributed by atoms with Gasteiger partial charge in [0.25, 0.3) is 0 Å². The summed E-state index contributed by atoms with van der Waals surface area (Å²) in [4.78, 5) is 12.4. The molecule has 0 radical (unpaired) electrons. The predicted octanol–water partition coefficient (Wildman–Crippen LogP) is 2.63. The van der Waals surface area contributed by atoms with Crippen molar-refractivity contribution in [1.29, 1.82) is 0 Å². The van der Waals surface area contributed by atoms with Gasteiger partial charge in [0, 0.05) is 24.3 Å². The first kappa shape index (κ1) is 15.7. The first-order valence-electron chi connectivity index (χ1n) is 7.86. The van der Waals surface area contributed by atoms with Gasteiger partial charge in [-0.15, -0.1) is 0 Å². The van der Waals surface area contributed by atoms with Crippen molar-refractivity contribution in [1.82, 2.24) is 0 Å². The third-order valence-electron chi connectivity index (χ3n) is 4.35. The van der Waals surface area contributed by atoms with E-state index in [0.29, 0.717) is 17.6 Å². The molecule has 0 amide bonds. The molecule has 1 unspecified atom stereocenters. The number of Topliss-reactive ketones (excluding diaryl/α,β-unsaturated/α-hetero) is 1. The average molecular weight is 308 g/mol. The van der Waals surface area contributed by atoms with Crippen LogP contribution in [0.15, 0.2) is 66.2 Å². The quantitative estimate of drug-likeness (QED) is 0.893. The van der Waals surface area contributed by atoms with Crippen LogP contribution in [0.3, 0.4) is 0 Å². The maximum Gasteiger partial charge on any atom is 0.164 e. The highest BCUT2D eigenvalue weighted by molar-refractivity contribution is 6.24. The van der Waals surface area contributed by atoms with E-state index in [0.717, 1.165) is 11.1 Å². The van der Waals surface area contributed by atoms with Crippen LogP contribution in [0.5, 0.6) is 0 Å². The zero-order valence-corrected chi connectivity index (χ0v) is 12.9.